The van der Waals surface area contributed by atoms with E-state index in [1.54, 1.807) is 11.6 Å². The second-order valence-electron chi connectivity index (χ2n) is 7.38. The Balaban J connectivity index is 2.24. The molecule has 152 valence electrons. The molecule has 0 atom stereocenters. The van der Waals surface area contributed by atoms with Gasteiger partial charge in [0.1, 0.15) is 5.75 Å². The van der Waals surface area contributed by atoms with Crippen LogP contribution in [0.4, 0.5) is 0 Å². The Labute approximate surface area is 165 Å². The molecule has 0 unspecified atom stereocenters. The van der Waals surface area contributed by atoms with E-state index in [1.165, 1.54) is 4.90 Å². The van der Waals surface area contributed by atoms with E-state index in [2.05, 4.69) is 10.3 Å². The summed E-state index contributed by atoms with van der Waals surface area (Å²) in [5, 5.41) is 17.1. The molecule has 0 radical (unpaired) electrons. The van der Waals surface area contributed by atoms with Gasteiger partial charge in [-0.3, -0.25) is 9.59 Å². The van der Waals surface area contributed by atoms with Crippen molar-refractivity contribution in [1.29, 1.82) is 0 Å². The molecule has 8 nitrogen and oxygen atoms in total. The molecule has 1 aromatic carbocycles. The maximum atomic E-state index is 12.9. The lowest BCUT2D eigenvalue weighted by molar-refractivity contribution is -0.137. The average molecular weight is 388 g/mol. The SMILES string of the molecule is Cc1c(C(=O)N(CCC(=O)O)CC(C)C)nnn1-c1ccc(OC(C)C)cc1. The van der Waals surface area contributed by atoms with Gasteiger partial charge in [-0.1, -0.05) is 19.1 Å². The fourth-order valence-corrected chi connectivity index (χ4v) is 2.81. The minimum Gasteiger partial charge on any atom is -0.491 e. The fourth-order valence-electron chi connectivity index (χ4n) is 2.81. The van der Waals surface area contributed by atoms with Crippen molar-refractivity contribution in [3.63, 3.8) is 0 Å². The number of carboxylic acids is 1. The molecule has 2 aromatic rings. The number of nitrogens with zero attached hydrogens (tertiary/aromatic N) is 4. The number of carboxylic acid groups (broad SMARTS) is 1. The summed E-state index contributed by atoms with van der Waals surface area (Å²) in [5.41, 5.74) is 1.60. The van der Waals surface area contributed by atoms with Gasteiger partial charge in [0.2, 0.25) is 0 Å². The van der Waals surface area contributed by atoms with E-state index in [-0.39, 0.29) is 36.6 Å². The zero-order chi connectivity index (χ0) is 20.8. The van der Waals surface area contributed by atoms with Crippen molar-refractivity contribution in [2.75, 3.05) is 13.1 Å². The van der Waals surface area contributed by atoms with Crippen LogP contribution < -0.4 is 4.74 Å². The van der Waals surface area contributed by atoms with Crippen LogP contribution in [0, 0.1) is 12.8 Å². The Morgan fingerprint density at radius 2 is 1.82 bits per heavy atom. The molecule has 0 saturated carbocycles. The molecule has 8 heteroatoms. The minimum atomic E-state index is -0.939. The predicted octanol–water partition coefficient (Wildman–Crippen LogP) is 2.94. The lowest BCUT2D eigenvalue weighted by atomic mass is 10.2. The summed E-state index contributed by atoms with van der Waals surface area (Å²) in [6, 6.07) is 7.39. The third-order valence-electron chi connectivity index (χ3n) is 4.02. The van der Waals surface area contributed by atoms with Gasteiger partial charge in [-0.25, -0.2) is 4.68 Å². The van der Waals surface area contributed by atoms with Gasteiger partial charge in [0.15, 0.2) is 5.69 Å². The molecule has 0 fully saturated rings. The maximum absolute atomic E-state index is 12.9. The van der Waals surface area contributed by atoms with Gasteiger partial charge >= 0.3 is 5.97 Å². The Morgan fingerprint density at radius 1 is 1.18 bits per heavy atom. The van der Waals surface area contributed by atoms with Gasteiger partial charge in [-0.15, -0.1) is 5.10 Å². The highest BCUT2D eigenvalue weighted by Crippen LogP contribution is 2.19. The zero-order valence-electron chi connectivity index (χ0n) is 17.0. The topological polar surface area (TPSA) is 97.5 Å². The summed E-state index contributed by atoms with van der Waals surface area (Å²) in [6.07, 6.45) is -0.0240. The van der Waals surface area contributed by atoms with Gasteiger partial charge in [0.05, 0.1) is 23.9 Å². The number of benzene rings is 1. The van der Waals surface area contributed by atoms with Crippen LogP contribution in [0.1, 0.15) is 50.3 Å². The second kappa shape index (κ2) is 9.34. The Hall–Kier alpha value is -2.90. The van der Waals surface area contributed by atoms with Crippen LogP contribution in [0.3, 0.4) is 0 Å². The molecule has 0 bridgehead atoms. The van der Waals surface area contributed by atoms with E-state index in [1.807, 2.05) is 52.0 Å². The van der Waals surface area contributed by atoms with Crippen molar-refractivity contribution in [3.8, 4) is 11.4 Å². The maximum Gasteiger partial charge on any atom is 0.305 e. The van der Waals surface area contributed by atoms with E-state index >= 15 is 0 Å². The summed E-state index contributed by atoms with van der Waals surface area (Å²) < 4.78 is 7.23. The smallest absolute Gasteiger partial charge is 0.305 e. The van der Waals surface area contributed by atoms with Crippen LogP contribution in [-0.2, 0) is 4.79 Å². The predicted molar refractivity (Wildman–Crippen MR) is 105 cm³/mol. The monoisotopic (exact) mass is 388 g/mol. The molecular formula is C20H28N4O4. The molecule has 1 N–H and O–H groups in total. The lowest BCUT2D eigenvalue weighted by Gasteiger charge is -2.23. The highest BCUT2D eigenvalue weighted by atomic mass is 16.5. The molecule has 1 aromatic heterocycles. The molecule has 0 saturated heterocycles. The molecule has 1 amide bonds. The molecule has 1 heterocycles. The summed E-state index contributed by atoms with van der Waals surface area (Å²) >= 11 is 0. The van der Waals surface area contributed by atoms with Crippen LogP contribution >= 0.6 is 0 Å². The number of aliphatic carboxylic acids is 1. The number of aromatic nitrogens is 3. The van der Waals surface area contributed by atoms with Crippen molar-refractivity contribution in [1.82, 2.24) is 19.9 Å². The van der Waals surface area contributed by atoms with Gasteiger partial charge in [-0.05, 0) is 51.0 Å². The Kier molecular flexibility index (Phi) is 7.14. The van der Waals surface area contributed by atoms with Crippen molar-refractivity contribution in [3.05, 3.63) is 35.7 Å². The number of hydrogen-bond donors (Lipinski definition) is 1. The van der Waals surface area contributed by atoms with Crippen molar-refractivity contribution < 1.29 is 19.4 Å². The summed E-state index contributed by atoms with van der Waals surface area (Å²) in [6.45, 7) is 10.2. The second-order valence-corrected chi connectivity index (χ2v) is 7.38. The molecule has 0 spiro atoms. The van der Waals surface area contributed by atoms with E-state index in [9.17, 15) is 9.59 Å². The van der Waals surface area contributed by atoms with E-state index in [0.29, 0.717) is 12.2 Å². The largest absolute Gasteiger partial charge is 0.491 e. The Bertz CT molecular complexity index is 812. The fraction of sp³-hybridized carbons (Fsp3) is 0.500. The number of amides is 1. The molecule has 0 aliphatic heterocycles. The van der Waals surface area contributed by atoms with Gasteiger partial charge in [0.25, 0.3) is 5.91 Å². The highest BCUT2D eigenvalue weighted by molar-refractivity contribution is 5.93. The summed E-state index contributed by atoms with van der Waals surface area (Å²) in [4.78, 5) is 25.4. The van der Waals surface area contributed by atoms with Gasteiger partial charge in [-0.2, -0.15) is 0 Å². The third kappa shape index (κ3) is 5.55. The van der Waals surface area contributed by atoms with Crippen LogP contribution in [0.5, 0.6) is 5.75 Å². The Morgan fingerprint density at radius 3 is 2.36 bits per heavy atom. The van der Waals surface area contributed by atoms with E-state index in [0.717, 1.165) is 11.4 Å². The highest BCUT2D eigenvalue weighted by Gasteiger charge is 2.24. The van der Waals surface area contributed by atoms with Crippen molar-refractivity contribution in [2.24, 2.45) is 5.92 Å². The normalized spacial score (nSPS) is 11.1. The number of carbonyl (C=O) groups is 2. The lowest BCUT2D eigenvalue weighted by Crippen LogP contribution is -2.36. The number of carbonyl (C=O) groups excluding carboxylic acids is 1. The summed E-state index contributed by atoms with van der Waals surface area (Å²) in [7, 11) is 0. The van der Waals surface area contributed by atoms with Crippen LogP contribution in [0.25, 0.3) is 5.69 Å². The molecule has 0 aliphatic carbocycles. The van der Waals surface area contributed by atoms with Gasteiger partial charge in [0, 0.05) is 13.1 Å². The molecule has 0 aliphatic rings. The van der Waals surface area contributed by atoms with E-state index < -0.39 is 5.97 Å². The van der Waals surface area contributed by atoms with Gasteiger partial charge < -0.3 is 14.7 Å². The first-order valence-electron chi connectivity index (χ1n) is 9.39. The van der Waals surface area contributed by atoms with Crippen LogP contribution in [0.15, 0.2) is 24.3 Å². The zero-order valence-corrected chi connectivity index (χ0v) is 17.0. The third-order valence-corrected chi connectivity index (χ3v) is 4.02. The van der Waals surface area contributed by atoms with Crippen molar-refractivity contribution >= 4 is 11.9 Å². The first-order chi connectivity index (χ1) is 13.2. The minimum absolute atomic E-state index is 0.0842. The molecular weight excluding hydrogens is 360 g/mol. The van der Waals surface area contributed by atoms with Crippen LogP contribution in [0.2, 0.25) is 0 Å². The van der Waals surface area contributed by atoms with Crippen LogP contribution in [-0.4, -0.2) is 56.1 Å². The number of ether oxygens (including phenoxy) is 1. The first-order valence-corrected chi connectivity index (χ1v) is 9.39. The first kappa shape index (κ1) is 21.4. The summed E-state index contributed by atoms with van der Waals surface area (Å²) in [5.74, 6) is -0.282. The number of rotatable bonds is 9. The average Bonchev–Trinajstić information content (AvgIpc) is 2.99. The quantitative estimate of drug-likeness (QED) is 0.709. The standard InChI is InChI=1S/C20H28N4O4/c1-13(2)12-23(11-10-18(25)26)20(27)19-15(5)24(22-21-19)16-6-8-17(9-7-16)28-14(3)4/h6-9,13-14H,10-12H2,1-5H3,(H,25,26). The van der Waals surface area contributed by atoms with Crippen molar-refractivity contribution in [2.45, 2.75) is 47.1 Å². The number of hydrogen-bond acceptors (Lipinski definition) is 5. The molecule has 2 rings (SSSR count). The molecule has 28 heavy (non-hydrogen) atoms. The van der Waals surface area contributed by atoms with E-state index in [4.69, 9.17) is 9.84 Å².